The average molecular weight is 328 g/mol. The van der Waals surface area contributed by atoms with Crippen molar-refractivity contribution in [3.8, 4) is 0 Å². The molecule has 0 bridgehead atoms. The van der Waals surface area contributed by atoms with E-state index in [4.69, 9.17) is 5.73 Å². The summed E-state index contributed by atoms with van der Waals surface area (Å²) in [4.78, 5) is 15.6. The zero-order chi connectivity index (χ0) is 14.4. The summed E-state index contributed by atoms with van der Waals surface area (Å²) < 4.78 is 1.03. The first-order chi connectivity index (χ1) is 8.95. The van der Waals surface area contributed by atoms with Gasteiger partial charge in [-0.3, -0.25) is 4.79 Å². The highest BCUT2D eigenvalue weighted by Crippen LogP contribution is 2.22. The molecule has 0 aliphatic rings. The zero-order valence-corrected chi connectivity index (χ0v) is 13.4. The fraction of sp³-hybridized carbons (Fsp3) is 0.500. The van der Waals surface area contributed by atoms with Crippen LogP contribution < -0.4 is 10.6 Å². The highest BCUT2D eigenvalue weighted by Gasteiger charge is 2.18. The number of carbonyl (C=O) groups is 1. The molecule has 106 valence electrons. The molecule has 0 aliphatic carbocycles. The van der Waals surface area contributed by atoms with E-state index in [0.29, 0.717) is 13.0 Å². The van der Waals surface area contributed by atoms with Crippen LogP contribution in [0, 0.1) is 0 Å². The molecule has 1 aromatic carbocycles. The van der Waals surface area contributed by atoms with Crippen molar-refractivity contribution < 1.29 is 4.79 Å². The summed E-state index contributed by atoms with van der Waals surface area (Å²) >= 11 is 3.47. The van der Waals surface area contributed by atoms with Crippen molar-refractivity contribution in [3.63, 3.8) is 0 Å². The van der Waals surface area contributed by atoms with Gasteiger partial charge in [0.2, 0.25) is 5.91 Å². The molecule has 1 aromatic rings. The van der Waals surface area contributed by atoms with Gasteiger partial charge in [-0.1, -0.05) is 22.0 Å². The second-order valence-electron chi connectivity index (χ2n) is 4.80. The first kappa shape index (κ1) is 16.0. The second-order valence-corrected chi connectivity index (χ2v) is 5.72. The first-order valence-corrected chi connectivity index (χ1v) is 7.17. The predicted octanol–water partition coefficient (Wildman–Crippen LogP) is 2.08. The third-order valence-electron chi connectivity index (χ3n) is 3.01. The maximum absolute atomic E-state index is 11.8. The molecule has 0 saturated carbocycles. The van der Waals surface area contributed by atoms with Crippen LogP contribution in [0.4, 0.5) is 5.69 Å². The topological polar surface area (TPSA) is 49.6 Å². The number of rotatable bonds is 6. The number of benzene rings is 1. The smallest absolute Gasteiger partial charge is 0.224 e. The number of nitrogens with zero attached hydrogens (tertiary/aromatic N) is 2. The summed E-state index contributed by atoms with van der Waals surface area (Å²) in [5.41, 5.74) is 6.77. The minimum absolute atomic E-state index is 0.118. The lowest BCUT2D eigenvalue weighted by Crippen LogP contribution is -2.40. The Hall–Kier alpha value is -1.07. The van der Waals surface area contributed by atoms with E-state index in [1.54, 1.807) is 19.0 Å². The average Bonchev–Trinajstić information content (AvgIpc) is 2.35. The molecule has 2 N–H and O–H groups in total. The van der Waals surface area contributed by atoms with E-state index in [1.807, 2.05) is 24.3 Å². The van der Waals surface area contributed by atoms with E-state index in [2.05, 4.69) is 27.8 Å². The van der Waals surface area contributed by atoms with E-state index in [-0.39, 0.29) is 11.9 Å². The largest absolute Gasteiger partial charge is 0.367 e. The normalized spacial score (nSPS) is 12.1. The zero-order valence-electron chi connectivity index (χ0n) is 11.8. The lowest BCUT2D eigenvalue weighted by molar-refractivity contribution is -0.128. The maximum atomic E-state index is 11.8. The minimum atomic E-state index is 0.118. The SMILES string of the molecule is C[C@@H](CC(=O)N(C)C)N(CCN)c1cccc(Br)c1. The Kier molecular flexibility index (Phi) is 6.31. The second kappa shape index (κ2) is 7.50. The van der Waals surface area contributed by atoms with Gasteiger partial charge in [0, 0.05) is 49.8 Å². The van der Waals surface area contributed by atoms with Gasteiger partial charge in [-0.25, -0.2) is 0 Å². The van der Waals surface area contributed by atoms with Crippen LogP contribution in [0.15, 0.2) is 28.7 Å². The summed E-state index contributed by atoms with van der Waals surface area (Å²) in [6.45, 7) is 3.35. The van der Waals surface area contributed by atoms with Crippen LogP contribution in [0.5, 0.6) is 0 Å². The van der Waals surface area contributed by atoms with Crippen molar-refractivity contribution in [2.75, 3.05) is 32.1 Å². The molecular weight excluding hydrogens is 306 g/mol. The van der Waals surface area contributed by atoms with Crippen LogP contribution in [-0.2, 0) is 4.79 Å². The standard InChI is InChI=1S/C14H22BrN3O/c1-11(9-14(19)17(2)3)18(8-7-16)13-6-4-5-12(15)10-13/h4-6,10-11H,7-9,16H2,1-3H3/t11-/m0/s1. The first-order valence-electron chi connectivity index (χ1n) is 6.38. The Bertz CT molecular complexity index is 423. The Morgan fingerprint density at radius 3 is 2.63 bits per heavy atom. The van der Waals surface area contributed by atoms with Crippen molar-refractivity contribution in [2.45, 2.75) is 19.4 Å². The number of halogens is 1. The van der Waals surface area contributed by atoms with Gasteiger partial charge in [-0.15, -0.1) is 0 Å². The van der Waals surface area contributed by atoms with Gasteiger partial charge in [0.1, 0.15) is 0 Å². The number of anilines is 1. The van der Waals surface area contributed by atoms with Gasteiger partial charge in [-0.05, 0) is 25.1 Å². The molecule has 1 amide bonds. The van der Waals surface area contributed by atoms with Crippen molar-refractivity contribution in [2.24, 2.45) is 5.73 Å². The van der Waals surface area contributed by atoms with E-state index in [9.17, 15) is 4.79 Å². The minimum Gasteiger partial charge on any atom is -0.367 e. The van der Waals surface area contributed by atoms with Crippen molar-refractivity contribution in [1.82, 2.24) is 4.90 Å². The highest BCUT2D eigenvalue weighted by atomic mass is 79.9. The van der Waals surface area contributed by atoms with Crippen molar-refractivity contribution in [1.29, 1.82) is 0 Å². The molecule has 0 saturated heterocycles. The van der Waals surface area contributed by atoms with Crippen LogP contribution in [0.3, 0.4) is 0 Å². The summed E-state index contributed by atoms with van der Waals surface area (Å²) in [7, 11) is 3.56. The van der Waals surface area contributed by atoms with E-state index >= 15 is 0 Å². The molecule has 4 nitrogen and oxygen atoms in total. The maximum Gasteiger partial charge on any atom is 0.224 e. The molecule has 1 rings (SSSR count). The van der Waals surface area contributed by atoms with E-state index < -0.39 is 0 Å². The van der Waals surface area contributed by atoms with Crippen LogP contribution >= 0.6 is 15.9 Å². The van der Waals surface area contributed by atoms with Gasteiger partial charge in [0.25, 0.3) is 0 Å². The lowest BCUT2D eigenvalue weighted by atomic mass is 10.1. The molecule has 1 atom stereocenters. The fourth-order valence-corrected chi connectivity index (χ4v) is 2.33. The third-order valence-corrected chi connectivity index (χ3v) is 3.50. The quantitative estimate of drug-likeness (QED) is 0.870. The summed E-state index contributed by atoms with van der Waals surface area (Å²) in [6.07, 6.45) is 0.486. The number of carbonyl (C=O) groups excluding carboxylic acids is 1. The molecule has 0 aliphatic heterocycles. The van der Waals surface area contributed by atoms with Gasteiger partial charge in [-0.2, -0.15) is 0 Å². The number of nitrogens with two attached hydrogens (primary N) is 1. The van der Waals surface area contributed by atoms with Crippen LogP contribution in [0.1, 0.15) is 13.3 Å². The highest BCUT2D eigenvalue weighted by molar-refractivity contribution is 9.10. The van der Waals surface area contributed by atoms with Gasteiger partial charge >= 0.3 is 0 Å². The molecular formula is C14H22BrN3O. The van der Waals surface area contributed by atoms with E-state index in [1.165, 1.54) is 0 Å². The van der Waals surface area contributed by atoms with Crippen molar-refractivity contribution in [3.05, 3.63) is 28.7 Å². The molecule has 0 spiro atoms. The van der Waals surface area contributed by atoms with Crippen molar-refractivity contribution >= 4 is 27.5 Å². The number of hydrogen-bond donors (Lipinski definition) is 1. The van der Waals surface area contributed by atoms with Crippen LogP contribution in [0.2, 0.25) is 0 Å². The summed E-state index contributed by atoms with van der Waals surface area (Å²) in [6, 6.07) is 8.18. The Labute approximate surface area is 123 Å². The molecule has 0 heterocycles. The van der Waals surface area contributed by atoms with Gasteiger partial charge in [0.15, 0.2) is 0 Å². The van der Waals surface area contributed by atoms with Gasteiger partial charge < -0.3 is 15.5 Å². The van der Waals surface area contributed by atoms with Crippen LogP contribution in [-0.4, -0.2) is 44.0 Å². The fourth-order valence-electron chi connectivity index (χ4n) is 1.94. The van der Waals surface area contributed by atoms with Gasteiger partial charge in [0.05, 0.1) is 0 Å². The summed E-state index contributed by atoms with van der Waals surface area (Å²) in [5, 5.41) is 0. The molecule has 0 fully saturated rings. The molecule has 19 heavy (non-hydrogen) atoms. The Morgan fingerprint density at radius 2 is 2.11 bits per heavy atom. The monoisotopic (exact) mass is 327 g/mol. The summed E-state index contributed by atoms with van der Waals surface area (Å²) in [5.74, 6) is 0.129. The molecule has 0 unspecified atom stereocenters. The molecule has 5 heteroatoms. The predicted molar refractivity (Wildman–Crippen MR) is 83.3 cm³/mol. The lowest BCUT2D eigenvalue weighted by Gasteiger charge is -2.31. The van der Waals surface area contributed by atoms with E-state index in [0.717, 1.165) is 16.7 Å². The molecule has 0 radical (unpaired) electrons. The Morgan fingerprint density at radius 1 is 1.42 bits per heavy atom. The number of hydrogen-bond acceptors (Lipinski definition) is 3. The number of amides is 1. The third kappa shape index (κ3) is 4.84. The van der Waals surface area contributed by atoms with Crippen LogP contribution in [0.25, 0.3) is 0 Å². The Balaban J connectivity index is 2.85. The molecule has 0 aromatic heterocycles.